The number of benzene rings is 1. The smallest absolute Gasteiger partial charge is 0.0126 e. The Balaban J connectivity index is 2.02. The van der Waals surface area contributed by atoms with Crippen molar-refractivity contribution in [2.45, 2.75) is 51.0 Å². The molecule has 1 aromatic carbocycles. The first-order valence-electron chi connectivity index (χ1n) is 7.41. The van der Waals surface area contributed by atoms with Crippen LogP contribution >= 0.6 is 0 Å². The summed E-state index contributed by atoms with van der Waals surface area (Å²) in [6.07, 6.45) is 5.52. The van der Waals surface area contributed by atoms with Crippen LogP contribution in [0, 0.1) is 12.8 Å². The van der Waals surface area contributed by atoms with Crippen LogP contribution < -0.4 is 0 Å². The molecule has 3 rings (SSSR count). The Bertz CT molecular complexity index is 439. The number of nitrogens with zero attached hydrogens (tertiary/aromatic N) is 1. The average molecular weight is 243 g/mol. The van der Waals surface area contributed by atoms with Gasteiger partial charge in [0.2, 0.25) is 0 Å². The molecule has 98 valence electrons. The fourth-order valence-corrected chi connectivity index (χ4v) is 4.48. The van der Waals surface area contributed by atoms with E-state index in [0.29, 0.717) is 5.41 Å². The molecule has 1 aliphatic carbocycles. The minimum atomic E-state index is 0.460. The van der Waals surface area contributed by atoms with Gasteiger partial charge in [-0.1, -0.05) is 43.2 Å². The third kappa shape index (κ3) is 1.72. The van der Waals surface area contributed by atoms with Crippen LogP contribution in [0.25, 0.3) is 0 Å². The van der Waals surface area contributed by atoms with E-state index in [4.69, 9.17) is 0 Å². The van der Waals surface area contributed by atoms with Crippen molar-refractivity contribution in [1.29, 1.82) is 0 Å². The molecule has 18 heavy (non-hydrogen) atoms. The lowest BCUT2D eigenvalue weighted by Crippen LogP contribution is -2.56. The topological polar surface area (TPSA) is 3.24 Å². The molecule has 1 nitrogen and oxygen atoms in total. The Morgan fingerprint density at radius 2 is 2.11 bits per heavy atom. The maximum atomic E-state index is 2.60. The quantitative estimate of drug-likeness (QED) is 0.726. The normalized spacial score (nSPS) is 36.6. The highest BCUT2D eigenvalue weighted by molar-refractivity contribution is 5.32. The molecule has 0 N–H and O–H groups in total. The summed E-state index contributed by atoms with van der Waals surface area (Å²) in [4.78, 5) is 2.60. The molecule has 1 aliphatic heterocycles. The number of hydrogen-bond acceptors (Lipinski definition) is 1. The predicted molar refractivity (Wildman–Crippen MR) is 76.9 cm³/mol. The fraction of sp³-hybridized carbons (Fsp3) is 0.647. The van der Waals surface area contributed by atoms with Crippen molar-refractivity contribution >= 4 is 0 Å². The standard InChI is InChI=1S/C17H25N/c1-13-6-4-7-15(12-13)17-9-5-8-16(14(17)2)18(3)11-10-17/h4,6-7,12,14,16H,5,8-11H2,1-3H3/t14?,16-,17+/m0/s1. The first-order valence-corrected chi connectivity index (χ1v) is 7.41. The van der Waals surface area contributed by atoms with Gasteiger partial charge in [0.25, 0.3) is 0 Å². The second kappa shape index (κ2) is 4.38. The molecule has 1 aromatic rings. The maximum Gasteiger partial charge on any atom is 0.0126 e. The zero-order valence-electron chi connectivity index (χ0n) is 11.9. The van der Waals surface area contributed by atoms with Gasteiger partial charge in [-0.15, -0.1) is 0 Å². The molecule has 0 amide bonds. The summed E-state index contributed by atoms with van der Waals surface area (Å²) in [6, 6.07) is 10.1. The molecule has 3 atom stereocenters. The Labute approximate surface area is 111 Å². The van der Waals surface area contributed by atoms with Gasteiger partial charge in [-0.3, -0.25) is 0 Å². The van der Waals surface area contributed by atoms with E-state index in [1.165, 1.54) is 37.8 Å². The van der Waals surface area contributed by atoms with Crippen molar-refractivity contribution < 1.29 is 0 Å². The lowest BCUT2D eigenvalue weighted by Gasteiger charge is -2.55. The molecule has 1 saturated carbocycles. The van der Waals surface area contributed by atoms with Gasteiger partial charge in [0, 0.05) is 11.5 Å². The van der Waals surface area contributed by atoms with Crippen molar-refractivity contribution in [1.82, 2.24) is 4.90 Å². The third-order valence-electron chi connectivity index (χ3n) is 5.64. The van der Waals surface area contributed by atoms with Gasteiger partial charge in [0.1, 0.15) is 0 Å². The zero-order chi connectivity index (χ0) is 12.8. The molecule has 0 radical (unpaired) electrons. The lowest BCUT2D eigenvalue weighted by atomic mass is 9.57. The van der Waals surface area contributed by atoms with E-state index in [2.05, 4.69) is 50.1 Å². The van der Waals surface area contributed by atoms with E-state index in [1.54, 1.807) is 5.56 Å². The second-order valence-electron chi connectivity index (χ2n) is 6.50. The van der Waals surface area contributed by atoms with Crippen molar-refractivity contribution in [2.24, 2.45) is 5.92 Å². The number of hydrogen-bond donors (Lipinski definition) is 0. The summed E-state index contributed by atoms with van der Waals surface area (Å²) < 4.78 is 0. The highest BCUT2D eigenvalue weighted by Gasteiger charge is 2.48. The highest BCUT2D eigenvalue weighted by atomic mass is 15.1. The average Bonchev–Trinajstić information content (AvgIpc) is 2.35. The van der Waals surface area contributed by atoms with E-state index < -0.39 is 0 Å². The number of fused-ring (bicyclic) bond motifs is 2. The van der Waals surface area contributed by atoms with Crippen LogP contribution in [0.2, 0.25) is 0 Å². The summed E-state index contributed by atoms with van der Waals surface area (Å²) in [7, 11) is 2.31. The van der Waals surface area contributed by atoms with Crippen LogP contribution in [0.15, 0.2) is 24.3 Å². The first kappa shape index (κ1) is 12.2. The minimum Gasteiger partial charge on any atom is -0.303 e. The van der Waals surface area contributed by atoms with Crippen LogP contribution in [-0.2, 0) is 5.41 Å². The van der Waals surface area contributed by atoms with Crippen LogP contribution in [0.5, 0.6) is 0 Å². The zero-order valence-corrected chi connectivity index (χ0v) is 11.9. The summed E-state index contributed by atoms with van der Waals surface area (Å²) in [5, 5.41) is 0. The molecule has 0 aromatic heterocycles. The number of piperidine rings is 1. The summed E-state index contributed by atoms with van der Waals surface area (Å²) in [5.74, 6) is 0.798. The van der Waals surface area contributed by atoms with Crippen LogP contribution in [-0.4, -0.2) is 24.5 Å². The van der Waals surface area contributed by atoms with Gasteiger partial charge in [0.05, 0.1) is 0 Å². The molecule has 2 fully saturated rings. The molecule has 2 aliphatic rings. The molecule has 0 spiro atoms. The minimum absolute atomic E-state index is 0.460. The van der Waals surface area contributed by atoms with E-state index in [1.807, 2.05) is 0 Å². The van der Waals surface area contributed by atoms with Crippen molar-refractivity contribution in [3.8, 4) is 0 Å². The van der Waals surface area contributed by atoms with Gasteiger partial charge in [-0.25, -0.2) is 0 Å². The molecular formula is C17H25N. The summed E-state index contributed by atoms with van der Waals surface area (Å²) in [6.45, 7) is 5.98. The molecule has 1 heteroatoms. The Morgan fingerprint density at radius 3 is 2.89 bits per heavy atom. The van der Waals surface area contributed by atoms with Crippen molar-refractivity contribution in [3.63, 3.8) is 0 Å². The molecule has 1 unspecified atom stereocenters. The number of likely N-dealkylation sites (tertiary alicyclic amines) is 1. The number of aryl methyl sites for hydroxylation is 1. The SMILES string of the molecule is Cc1cccc([C@@]23CCC[C@@H](C2C)N(C)CC3)c1. The fourth-order valence-electron chi connectivity index (χ4n) is 4.48. The summed E-state index contributed by atoms with van der Waals surface area (Å²) >= 11 is 0. The predicted octanol–water partition coefficient (Wildman–Crippen LogP) is 3.76. The van der Waals surface area contributed by atoms with Gasteiger partial charge in [-0.2, -0.15) is 0 Å². The maximum absolute atomic E-state index is 2.60. The van der Waals surface area contributed by atoms with E-state index in [-0.39, 0.29) is 0 Å². The van der Waals surface area contributed by atoms with E-state index in [0.717, 1.165) is 12.0 Å². The Hall–Kier alpha value is -0.820. The van der Waals surface area contributed by atoms with Gasteiger partial charge >= 0.3 is 0 Å². The van der Waals surface area contributed by atoms with Crippen LogP contribution in [0.3, 0.4) is 0 Å². The molecule has 1 saturated heterocycles. The Kier molecular flexibility index (Phi) is 2.97. The van der Waals surface area contributed by atoms with Gasteiger partial charge in [0.15, 0.2) is 0 Å². The molecule has 1 heterocycles. The molecular weight excluding hydrogens is 218 g/mol. The van der Waals surface area contributed by atoms with E-state index in [9.17, 15) is 0 Å². The number of rotatable bonds is 1. The van der Waals surface area contributed by atoms with Gasteiger partial charge < -0.3 is 4.90 Å². The monoisotopic (exact) mass is 243 g/mol. The lowest BCUT2D eigenvalue weighted by molar-refractivity contribution is 0.0126. The van der Waals surface area contributed by atoms with Crippen LogP contribution in [0.1, 0.15) is 43.7 Å². The first-order chi connectivity index (χ1) is 8.63. The van der Waals surface area contributed by atoms with Gasteiger partial charge in [-0.05, 0) is 51.3 Å². The van der Waals surface area contributed by atoms with Crippen LogP contribution in [0.4, 0.5) is 0 Å². The third-order valence-corrected chi connectivity index (χ3v) is 5.64. The second-order valence-corrected chi connectivity index (χ2v) is 6.50. The van der Waals surface area contributed by atoms with E-state index >= 15 is 0 Å². The van der Waals surface area contributed by atoms with Crippen molar-refractivity contribution in [3.05, 3.63) is 35.4 Å². The summed E-state index contributed by atoms with van der Waals surface area (Å²) in [5.41, 5.74) is 3.48. The largest absolute Gasteiger partial charge is 0.303 e. The Morgan fingerprint density at radius 1 is 1.28 bits per heavy atom. The highest BCUT2D eigenvalue weighted by Crippen LogP contribution is 2.50. The van der Waals surface area contributed by atoms with Crippen molar-refractivity contribution in [2.75, 3.05) is 13.6 Å². The molecule has 2 bridgehead atoms.